The average Bonchev–Trinajstić information content (AvgIpc) is 2.50. The molecule has 0 bridgehead atoms. The first-order valence-corrected chi connectivity index (χ1v) is 5.46. The van der Waals surface area contributed by atoms with Crippen molar-refractivity contribution in [3.63, 3.8) is 0 Å². The third-order valence-corrected chi connectivity index (χ3v) is 2.76. The lowest BCUT2D eigenvalue weighted by atomic mass is 10.1. The van der Waals surface area contributed by atoms with Crippen molar-refractivity contribution < 1.29 is 19.4 Å². The molecule has 5 heteroatoms. The van der Waals surface area contributed by atoms with Crippen LogP contribution >= 0.6 is 0 Å². The first kappa shape index (κ1) is 13.7. The molecule has 96 valence electrons. The Morgan fingerprint density at radius 1 is 1.35 bits per heavy atom. The minimum Gasteiger partial charge on any atom is -0.466 e. The van der Waals surface area contributed by atoms with Gasteiger partial charge in [0.05, 0.1) is 12.2 Å². The van der Waals surface area contributed by atoms with Crippen LogP contribution in [-0.4, -0.2) is 34.9 Å². The van der Waals surface area contributed by atoms with Gasteiger partial charge in [-0.3, -0.25) is 4.79 Å². The van der Waals surface area contributed by atoms with Crippen molar-refractivity contribution in [1.82, 2.24) is 5.32 Å². The van der Waals surface area contributed by atoms with Gasteiger partial charge in [0.25, 0.3) is 5.91 Å². The molecule has 0 aliphatic rings. The summed E-state index contributed by atoms with van der Waals surface area (Å²) < 4.78 is 5.35. The molecule has 0 spiro atoms. The van der Waals surface area contributed by atoms with Crippen molar-refractivity contribution in [1.29, 1.82) is 0 Å². The van der Waals surface area contributed by atoms with E-state index in [1.54, 1.807) is 13.8 Å². The molecule has 5 nitrogen and oxygen atoms in total. The molecule has 0 aliphatic carbocycles. The predicted molar refractivity (Wildman–Crippen MR) is 63.0 cm³/mol. The SMILES string of the molecule is Cc1oc(C)c(C(=O)NCC(C)(O)CO)c1C. The highest BCUT2D eigenvalue weighted by Crippen LogP contribution is 2.20. The summed E-state index contributed by atoms with van der Waals surface area (Å²) in [6.07, 6.45) is 0. The molecule has 0 aromatic carbocycles. The van der Waals surface area contributed by atoms with Crippen LogP contribution in [0.5, 0.6) is 0 Å². The molecular formula is C12H19NO4. The average molecular weight is 241 g/mol. The molecule has 0 radical (unpaired) electrons. The van der Waals surface area contributed by atoms with Crippen molar-refractivity contribution in [2.45, 2.75) is 33.3 Å². The molecule has 17 heavy (non-hydrogen) atoms. The van der Waals surface area contributed by atoms with E-state index < -0.39 is 12.2 Å². The summed E-state index contributed by atoms with van der Waals surface area (Å²) in [4.78, 5) is 11.9. The lowest BCUT2D eigenvalue weighted by Crippen LogP contribution is -2.43. The van der Waals surface area contributed by atoms with E-state index in [1.807, 2.05) is 6.92 Å². The van der Waals surface area contributed by atoms with E-state index in [-0.39, 0.29) is 12.5 Å². The fourth-order valence-electron chi connectivity index (χ4n) is 1.54. The summed E-state index contributed by atoms with van der Waals surface area (Å²) in [6.45, 7) is 6.36. The number of furan rings is 1. The number of aliphatic hydroxyl groups is 2. The standard InChI is InChI=1S/C12H19NO4/c1-7-8(2)17-9(3)10(7)11(15)13-5-12(4,16)6-14/h14,16H,5-6H2,1-4H3,(H,13,15). The number of carbonyl (C=O) groups excluding carboxylic acids is 1. The van der Waals surface area contributed by atoms with E-state index in [9.17, 15) is 9.90 Å². The van der Waals surface area contributed by atoms with E-state index in [0.29, 0.717) is 17.1 Å². The summed E-state index contributed by atoms with van der Waals surface area (Å²) in [6, 6.07) is 0. The highest BCUT2D eigenvalue weighted by molar-refractivity contribution is 5.96. The largest absolute Gasteiger partial charge is 0.466 e. The molecule has 1 unspecified atom stereocenters. The Balaban J connectivity index is 2.78. The van der Waals surface area contributed by atoms with Crippen LogP contribution in [0.4, 0.5) is 0 Å². The quantitative estimate of drug-likeness (QED) is 0.724. The predicted octanol–water partition coefficient (Wildman–Crippen LogP) is 0.678. The summed E-state index contributed by atoms with van der Waals surface area (Å²) >= 11 is 0. The zero-order valence-corrected chi connectivity index (χ0v) is 10.6. The van der Waals surface area contributed by atoms with Gasteiger partial charge < -0.3 is 19.9 Å². The maximum Gasteiger partial charge on any atom is 0.255 e. The number of hydrogen-bond donors (Lipinski definition) is 3. The topological polar surface area (TPSA) is 82.7 Å². The van der Waals surface area contributed by atoms with Gasteiger partial charge in [0.15, 0.2) is 0 Å². The Hall–Kier alpha value is -1.33. The zero-order chi connectivity index (χ0) is 13.2. The number of carbonyl (C=O) groups is 1. The van der Waals surface area contributed by atoms with E-state index in [0.717, 1.165) is 5.56 Å². The molecule has 1 atom stereocenters. The second-order valence-electron chi connectivity index (χ2n) is 4.55. The maximum atomic E-state index is 11.9. The normalized spacial score (nSPS) is 14.5. The molecule has 1 heterocycles. The summed E-state index contributed by atoms with van der Waals surface area (Å²) in [7, 11) is 0. The lowest BCUT2D eigenvalue weighted by molar-refractivity contribution is 0.00318. The van der Waals surface area contributed by atoms with Crippen LogP contribution < -0.4 is 5.32 Å². The molecule has 1 rings (SSSR count). The van der Waals surface area contributed by atoms with Crippen LogP contribution in [-0.2, 0) is 0 Å². The summed E-state index contributed by atoms with van der Waals surface area (Å²) in [5.41, 5.74) is -0.0177. The van der Waals surface area contributed by atoms with Gasteiger partial charge in [-0.25, -0.2) is 0 Å². The molecule has 1 amide bonds. The van der Waals surface area contributed by atoms with Crippen molar-refractivity contribution in [2.75, 3.05) is 13.2 Å². The van der Waals surface area contributed by atoms with Gasteiger partial charge in [-0.1, -0.05) is 0 Å². The van der Waals surface area contributed by atoms with Gasteiger partial charge in [0.2, 0.25) is 0 Å². The Morgan fingerprint density at radius 3 is 2.35 bits per heavy atom. The number of aryl methyl sites for hydroxylation is 2. The number of hydrogen-bond acceptors (Lipinski definition) is 4. The molecule has 0 saturated carbocycles. The van der Waals surface area contributed by atoms with Crippen LogP contribution in [0, 0.1) is 20.8 Å². The third-order valence-electron chi connectivity index (χ3n) is 2.76. The number of amides is 1. The maximum absolute atomic E-state index is 11.9. The van der Waals surface area contributed by atoms with Crippen molar-refractivity contribution in [2.24, 2.45) is 0 Å². The number of nitrogens with one attached hydrogen (secondary N) is 1. The van der Waals surface area contributed by atoms with Crippen LogP contribution in [0.15, 0.2) is 4.42 Å². The van der Waals surface area contributed by atoms with Crippen molar-refractivity contribution in [3.8, 4) is 0 Å². The number of aliphatic hydroxyl groups excluding tert-OH is 1. The van der Waals surface area contributed by atoms with E-state index >= 15 is 0 Å². The summed E-state index contributed by atoms with van der Waals surface area (Å²) in [5.74, 6) is 0.966. The van der Waals surface area contributed by atoms with Crippen LogP contribution in [0.25, 0.3) is 0 Å². The molecule has 3 N–H and O–H groups in total. The first-order valence-electron chi connectivity index (χ1n) is 5.46. The van der Waals surface area contributed by atoms with E-state index in [2.05, 4.69) is 5.32 Å². The van der Waals surface area contributed by atoms with Gasteiger partial charge in [-0.15, -0.1) is 0 Å². The van der Waals surface area contributed by atoms with Crippen LogP contribution in [0.3, 0.4) is 0 Å². The Kier molecular flexibility index (Phi) is 3.95. The van der Waals surface area contributed by atoms with Gasteiger partial charge in [0.1, 0.15) is 17.1 Å². The van der Waals surface area contributed by atoms with Crippen molar-refractivity contribution in [3.05, 3.63) is 22.6 Å². The van der Waals surface area contributed by atoms with Crippen LogP contribution in [0.1, 0.15) is 34.4 Å². The molecular weight excluding hydrogens is 222 g/mol. The number of rotatable bonds is 4. The van der Waals surface area contributed by atoms with E-state index in [1.165, 1.54) is 6.92 Å². The Labute approximate surface area is 100 Å². The molecule has 0 aliphatic heterocycles. The van der Waals surface area contributed by atoms with Gasteiger partial charge in [-0.2, -0.15) is 0 Å². The second kappa shape index (κ2) is 4.89. The molecule has 0 fully saturated rings. The molecule has 1 aromatic heterocycles. The third kappa shape index (κ3) is 3.08. The smallest absolute Gasteiger partial charge is 0.255 e. The van der Waals surface area contributed by atoms with E-state index in [4.69, 9.17) is 9.52 Å². The fourth-order valence-corrected chi connectivity index (χ4v) is 1.54. The van der Waals surface area contributed by atoms with Gasteiger partial charge in [-0.05, 0) is 27.7 Å². The molecule has 1 aromatic rings. The van der Waals surface area contributed by atoms with Gasteiger partial charge in [0, 0.05) is 12.1 Å². The van der Waals surface area contributed by atoms with Crippen molar-refractivity contribution >= 4 is 5.91 Å². The van der Waals surface area contributed by atoms with Gasteiger partial charge >= 0.3 is 0 Å². The zero-order valence-electron chi connectivity index (χ0n) is 10.6. The highest BCUT2D eigenvalue weighted by atomic mass is 16.3. The fraction of sp³-hybridized carbons (Fsp3) is 0.583. The highest BCUT2D eigenvalue weighted by Gasteiger charge is 2.23. The Bertz CT molecular complexity index is 420. The first-order chi connectivity index (χ1) is 7.78. The summed E-state index contributed by atoms with van der Waals surface area (Å²) in [5, 5.41) is 21.0. The monoisotopic (exact) mass is 241 g/mol. The van der Waals surface area contributed by atoms with Crippen LogP contribution in [0.2, 0.25) is 0 Å². The lowest BCUT2D eigenvalue weighted by Gasteiger charge is -2.20. The molecule has 0 saturated heterocycles. The minimum absolute atomic E-state index is 0.00849. The minimum atomic E-state index is -1.31. The Morgan fingerprint density at radius 2 is 1.94 bits per heavy atom. The second-order valence-corrected chi connectivity index (χ2v) is 4.55.